The van der Waals surface area contributed by atoms with E-state index in [1.54, 1.807) is 16.8 Å². The number of carbonyl (C=O) groups excluding carboxylic acids is 1. The first-order valence-electron chi connectivity index (χ1n) is 13.2. The van der Waals surface area contributed by atoms with Crippen molar-refractivity contribution >= 4 is 5.91 Å². The van der Waals surface area contributed by atoms with Crippen LogP contribution in [0.1, 0.15) is 27.7 Å². The Hall–Kier alpha value is -4.55. The lowest BCUT2D eigenvalue weighted by Gasteiger charge is -2.39. The van der Waals surface area contributed by atoms with E-state index in [1.807, 2.05) is 53.4 Å². The number of halogens is 1. The molecule has 39 heavy (non-hydrogen) atoms. The second-order valence-electron chi connectivity index (χ2n) is 9.72. The molecule has 2 heterocycles. The average Bonchev–Trinajstić information content (AvgIpc) is 3.45. The third kappa shape index (κ3) is 5.24. The summed E-state index contributed by atoms with van der Waals surface area (Å²) in [7, 11) is 0. The van der Waals surface area contributed by atoms with E-state index in [-0.39, 0.29) is 17.8 Å². The highest BCUT2D eigenvalue weighted by Crippen LogP contribution is 2.30. The summed E-state index contributed by atoms with van der Waals surface area (Å²) in [5, 5.41) is 4.76. The van der Waals surface area contributed by atoms with Gasteiger partial charge in [-0.3, -0.25) is 9.69 Å². The van der Waals surface area contributed by atoms with Crippen LogP contribution in [-0.2, 0) is 0 Å². The van der Waals surface area contributed by atoms with Crippen LogP contribution in [0.25, 0.3) is 16.9 Å². The van der Waals surface area contributed by atoms with Gasteiger partial charge in [-0.15, -0.1) is 0 Å². The van der Waals surface area contributed by atoms with Crippen molar-refractivity contribution in [2.24, 2.45) is 0 Å². The minimum atomic E-state index is -0.306. The topological polar surface area (TPSA) is 41.4 Å². The number of aromatic nitrogens is 2. The maximum Gasteiger partial charge on any atom is 0.272 e. The summed E-state index contributed by atoms with van der Waals surface area (Å²) >= 11 is 0. The van der Waals surface area contributed by atoms with Gasteiger partial charge >= 0.3 is 0 Å². The molecule has 1 saturated heterocycles. The molecule has 1 aromatic heterocycles. The van der Waals surface area contributed by atoms with E-state index in [2.05, 4.69) is 53.4 Å². The number of benzene rings is 4. The van der Waals surface area contributed by atoms with Crippen LogP contribution in [0.4, 0.5) is 4.39 Å². The number of hydrogen-bond acceptors (Lipinski definition) is 3. The molecule has 5 nitrogen and oxygen atoms in total. The monoisotopic (exact) mass is 516 g/mol. The normalized spacial score (nSPS) is 14.1. The highest BCUT2D eigenvalue weighted by molar-refractivity contribution is 5.94. The van der Waals surface area contributed by atoms with Gasteiger partial charge in [-0.2, -0.15) is 5.10 Å². The lowest BCUT2D eigenvalue weighted by atomic mass is 9.96. The fourth-order valence-electron chi connectivity index (χ4n) is 5.29. The van der Waals surface area contributed by atoms with Crippen LogP contribution in [0, 0.1) is 5.82 Å². The van der Waals surface area contributed by atoms with Crippen LogP contribution in [-0.4, -0.2) is 51.7 Å². The molecule has 5 aromatic rings. The number of para-hydroxylation sites is 1. The zero-order chi connectivity index (χ0) is 26.6. The summed E-state index contributed by atoms with van der Waals surface area (Å²) in [4.78, 5) is 18.3. The van der Waals surface area contributed by atoms with Crippen LogP contribution in [0.2, 0.25) is 0 Å². The highest BCUT2D eigenvalue weighted by atomic mass is 19.1. The third-order valence-electron chi connectivity index (χ3n) is 7.27. The summed E-state index contributed by atoms with van der Waals surface area (Å²) in [6, 6.07) is 38.9. The quantitative estimate of drug-likeness (QED) is 0.269. The van der Waals surface area contributed by atoms with Gasteiger partial charge in [-0.1, -0.05) is 78.9 Å². The van der Waals surface area contributed by atoms with E-state index in [9.17, 15) is 9.18 Å². The van der Waals surface area contributed by atoms with E-state index < -0.39 is 0 Å². The van der Waals surface area contributed by atoms with E-state index in [4.69, 9.17) is 5.10 Å². The van der Waals surface area contributed by atoms with Crippen molar-refractivity contribution in [1.29, 1.82) is 0 Å². The second kappa shape index (κ2) is 11.1. The number of nitrogens with zero attached hydrogens (tertiary/aromatic N) is 4. The molecule has 0 bridgehead atoms. The summed E-state index contributed by atoms with van der Waals surface area (Å²) in [6.45, 7) is 2.73. The molecule has 1 fully saturated rings. The van der Waals surface area contributed by atoms with Gasteiger partial charge in [0, 0.05) is 31.7 Å². The van der Waals surface area contributed by atoms with Crippen molar-refractivity contribution in [3.63, 3.8) is 0 Å². The predicted octanol–water partition coefficient (Wildman–Crippen LogP) is 6.23. The van der Waals surface area contributed by atoms with Crippen LogP contribution in [0.15, 0.2) is 121 Å². The van der Waals surface area contributed by atoms with Crippen molar-refractivity contribution < 1.29 is 9.18 Å². The Bertz CT molecular complexity index is 1490. The van der Waals surface area contributed by atoms with E-state index in [1.165, 1.54) is 23.3 Å². The predicted molar refractivity (Wildman–Crippen MR) is 151 cm³/mol. The molecule has 0 spiro atoms. The number of rotatable bonds is 6. The molecular weight excluding hydrogens is 487 g/mol. The molecule has 0 unspecified atom stereocenters. The summed E-state index contributed by atoms with van der Waals surface area (Å²) < 4.78 is 15.2. The third-order valence-corrected chi connectivity index (χ3v) is 7.27. The van der Waals surface area contributed by atoms with Crippen LogP contribution >= 0.6 is 0 Å². The van der Waals surface area contributed by atoms with E-state index in [0.717, 1.165) is 24.3 Å². The summed E-state index contributed by atoms with van der Waals surface area (Å²) in [5.74, 6) is -0.366. The lowest BCUT2D eigenvalue weighted by Crippen LogP contribution is -2.50. The fraction of sp³-hybridized carbons (Fsp3) is 0.152. The molecule has 0 atom stereocenters. The minimum absolute atomic E-state index is 0.0599. The molecule has 6 heteroatoms. The maximum atomic E-state index is 13.9. The summed E-state index contributed by atoms with van der Waals surface area (Å²) in [5.41, 5.74) is 5.19. The van der Waals surface area contributed by atoms with E-state index >= 15 is 0 Å². The zero-order valence-electron chi connectivity index (χ0n) is 21.5. The fourth-order valence-corrected chi connectivity index (χ4v) is 5.29. The highest BCUT2D eigenvalue weighted by Gasteiger charge is 2.30. The molecule has 1 aliphatic heterocycles. The molecule has 1 amide bonds. The van der Waals surface area contributed by atoms with Gasteiger partial charge in [0.25, 0.3) is 5.91 Å². The first-order chi connectivity index (χ1) is 19.2. The van der Waals surface area contributed by atoms with Crippen LogP contribution in [0.3, 0.4) is 0 Å². The molecule has 0 aliphatic carbocycles. The van der Waals surface area contributed by atoms with Gasteiger partial charge in [0.05, 0.1) is 17.4 Å². The maximum absolute atomic E-state index is 13.9. The second-order valence-corrected chi connectivity index (χ2v) is 9.72. The van der Waals surface area contributed by atoms with Crippen molar-refractivity contribution in [1.82, 2.24) is 19.6 Å². The molecule has 0 radical (unpaired) electrons. The Labute approximate surface area is 227 Å². The van der Waals surface area contributed by atoms with Crippen molar-refractivity contribution in [3.05, 3.63) is 144 Å². The summed E-state index contributed by atoms with van der Waals surface area (Å²) in [6.07, 6.45) is 0. The minimum Gasteiger partial charge on any atom is -0.335 e. The Morgan fingerprint density at radius 1 is 0.692 bits per heavy atom. The first-order valence-corrected chi connectivity index (χ1v) is 13.2. The first kappa shape index (κ1) is 24.8. The molecule has 4 aromatic carbocycles. The van der Waals surface area contributed by atoms with Crippen LogP contribution in [0.5, 0.6) is 0 Å². The smallest absolute Gasteiger partial charge is 0.272 e. The number of piperazine rings is 1. The molecule has 0 saturated carbocycles. The zero-order valence-corrected chi connectivity index (χ0v) is 21.5. The van der Waals surface area contributed by atoms with Gasteiger partial charge < -0.3 is 4.90 Å². The Balaban J connectivity index is 1.26. The average molecular weight is 517 g/mol. The molecular formula is C33H29FN4O. The molecule has 6 rings (SSSR count). The number of hydrogen-bond donors (Lipinski definition) is 0. The van der Waals surface area contributed by atoms with Crippen LogP contribution < -0.4 is 0 Å². The molecule has 1 aliphatic rings. The van der Waals surface area contributed by atoms with Crippen molar-refractivity contribution in [2.45, 2.75) is 6.04 Å². The van der Waals surface area contributed by atoms with E-state index in [0.29, 0.717) is 24.5 Å². The largest absolute Gasteiger partial charge is 0.335 e. The standard InChI is InChI=1S/C33H29FN4O/c34-28-18-16-25(17-19-28)30-24-31(38(35-30)29-14-8-3-9-15-29)33(39)37-22-20-36(21-23-37)32(26-10-4-1-5-11-26)27-12-6-2-7-13-27/h1-19,24,32H,20-23H2. The lowest BCUT2D eigenvalue weighted by molar-refractivity contribution is 0.0588. The van der Waals surface area contributed by atoms with Crippen molar-refractivity contribution in [3.8, 4) is 16.9 Å². The Morgan fingerprint density at radius 3 is 1.79 bits per heavy atom. The SMILES string of the molecule is O=C(c1cc(-c2ccc(F)cc2)nn1-c1ccccc1)N1CCN(C(c2ccccc2)c2ccccc2)CC1. The van der Waals surface area contributed by atoms with Crippen molar-refractivity contribution in [2.75, 3.05) is 26.2 Å². The van der Waals surface area contributed by atoms with Gasteiger partial charge in [0.1, 0.15) is 11.5 Å². The van der Waals surface area contributed by atoms with Gasteiger partial charge in [-0.05, 0) is 53.6 Å². The Kier molecular flexibility index (Phi) is 7.02. The molecule has 0 N–H and O–H groups in total. The van der Waals surface area contributed by atoms with Gasteiger partial charge in [0.2, 0.25) is 0 Å². The Morgan fingerprint density at radius 2 is 1.23 bits per heavy atom. The number of carbonyl (C=O) groups is 1. The van der Waals surface area contributed by atoms with Gasteiger partial charge in [-0.25, -0.2) is 9.07 Å². The van der Waals surface area contributed by atoms with Gasteiger partial charge in [0.15, 0.2) is 0 Å². The molecule has 194 valence electrons. The number of amides is 1.